The summed E-state index contributed by atoms with van der Waals surface area (Å²) in [4.78, 5) is 13.6. The summed E-state index contributed by atoms with van der Waals surface area (Å²) in [6.45, 7) is 13.4. The summed E-state index contributed by atoms with van der Waals surface area (Å²) in [6, 6.07) is 0.397. The third-order valence-corrected chi connectivity index (χ3v) is 4.63. The molecule has 3 nitrogen and oxygen atoms in total. The zero-order valence-electron chi connectivity index (χ0n) is 12.8. The molecule has 18 heavy (non-hydrogen) atoms. The van der Waals surface area contributed by atoms with E-state index in [9.17, 15) is 9.90 Å². The van der Waals surface area contributed by atoms with E-state index in [1.807, 2.05) is 13.8 Å². The maximum atomic E-state index is 11.5. The molecule has 0 aromatic rings. The molecule has 3 heteroatoms. The summed E-state index contributed by atoms with van der Waals surface area (Å²) in [5.41, 5.74) is -0.363. The molecule has 0 aliphatic heterocycles. The van der Waals surface area contributed by atoms with Gasteiger partial charge in [0, 0.05) is 6.04 Å². The van der Waals surface area contributed by atoms with E-state index in [1.54, 1.807) is 0 Å². The second-order valence-electron chi connectivity index (χ2n) is 7.10. The van der Waals surface area contributed by atoms with Gasteiger partial charge in [0.1, 0.15) is 5.54 Å². The largest absolute Gasteiger partial charge is 0.480 e. The number of carboxylic acid groups (broad SMARTS) is 1. The third kappa shape index (κ3) is 3.05. The molecule has 106 valence electrons. The average molecular weight is 255 g/mol. The highest BCUT2D eigenvalue weighted by molar-refractivity contribution is 5.77. The van der Waals surface area contributed by atoms with Gasteiger partial charge in [-0.05, 0) is 51.0 Å². The average Bonchev–Trinajstić information content (AvgIpc) is 2.20. The Hall–Kier alpha value is -0.570. The fourth-order valence-corrected chi connectivity index (χ4v) is 3.56. The second-order valence-corrected chi connectivity index (χ2v) is 7.10. The van der Waals surface area contributed by atoms with Gasteiger partial charge in [-0.15, -0.1) is 0 Å². The van der Waals surface area contributed by atoms with Gasteiger partial charge >= 0.3 is 5.97 Å². The SMILES string of the molecule is CCN(C1CCC(C)(C)CC1C)C(C)(C)C(=O)O. The van der Waals surface area contributed by atoms with Gasteiger partial charge in [0.2, 0.25) is 0 Å². The van der Waals surface area contributed by atoms with Gasteiger partial charge < -0.3 is 5.11 Å². The molecule has 1 aliphatic carbocycles. The number of hydrogen-bond acceptors (Lipinski definition) is 2. The van der Waals surface area contributed by atoms with Crippen LogP contribution in [0, 0.1) is 11.3 Å². The topological polar surface area (TPSA) is 40.5 Å². The summed E-state index contributed by atoms with van der Waals surface area (Å²) < 4.78 is 0. The first kappa shape index (κ1) is 15.5. The van der Waals surface area contributed by atoms with E-state index in [0.717, 1.165) is 13.0 Å². The molecule has 1 N–H and O–H groups in total. The summed E-state index contributed by atoms with van der Waals surface area (Å²) >= 11 is 0. The van der Waals surface area contributed by atoms with E-state index in [0.29, 0.717) is 17.4 Å². The molecule has 1 fully saturated rings. The molecule has 0 spiro atoms. The second kappa shape index (κ2) is 5.20. The molecular formula is C15H29NO2. The van der Waals surface area contributed by atoms with Crippen LogP contribution in [0.1, 0.15) is 60.8 Å². The molecule has 2 unspecified atom stereocenters. The number of hydrogen-bond donors (Lipinski definition) is 1. The standard InChI is InChI=1S/C15H29NO2/c1-7-16(15(5,6)13(17)18)12-8-9-14(3,4)10-11(12)2/h11-12H,7-10H2,1-6H3,(H,17,18). The molecule has 1 saturated carbocycles. The Morgan fingerprint density at radius 2 is 2.00 bits per heavy atom. The van der Waals surface area contributed by atoms with Gasteiger partial charge in [-0.3, -0.25) is 9.69 Å². The molecule has 2 atom stereocenters. The molecule has 0 aromatic carbocycles. The fraction of sp³-hybridized carbons (Fsp3) is 0.933. The van der Waals surface area contributed by atoms with E-state index in [4.69, 9.17) is 0 Å². The van der Waals surface area contributed by atoms with Crippen molar-refractivity contribution in [3.63, 3.8) is 0 Å². The van der Waals surface area contributed by atoms with Gasteiger partial charge in [-0.1, -0.05) is 27.7 Å². The highest BCUT2D eigenvalue weighted by atomic mass is 16.4. The quantitative estimate of drug-likeness (QED) is 0.837. The molecule has 0 saturated heterocycles. The number of carboxylic acids is 1. The van der Waals surface area contributed by atoms with Crippen LogP contribution >= 0.6 is 0 Å². The van der Waals surface area contributed by atoms with Crippen molar-refractivity contribution in [1.29, 1.82) is 0 Å². The molecule has 1 rings (SSSR count). The molecule has 0 radical (unpaired) electrons. The zero-order chi connectivity index (χ0) is 14.1. The number of likely N-dealkylation sites (N-methyl/N-ethyl adjacent to an activating group) is 1. The van der Waals surface area contributed by atoms with E-state index in [1.165, 1.54) is 12.8 Å². The van der Waals surface area contributed by atoms with Crippen LogP contribution < -0.4 is 0 Å². The Kier molecular flexibility index (Phi) is 4.47. The number of aliphatic carboxylic acids is 1. The first-order valence-electron chi connectivity index (χ1n) is 7.12. The minimum absolute atomic E-state index is 0.397. The van der Waals surface area contributed by atoms with E-state index < -0.39 is 11.5 Å². The van der Waals surface area contributed by atoms with Crippen molar-refractivity contribution in [2.75, 3.05) is 6.54 Å². The lowest BCUT2D eigenvalue weighted by Crippen LogP contribution is -2.57. The summed E-state index contributed by atoms with van der Waals surface area (Å²) in [7, 11) is 0. The summed E-state index contributed by atoms with van der Waals surface area (Å²) in [6.07, 6.45) is 3.48. The minimum Gasteiger partial charge on any atom is -0.480 e. The Morgan fingerprint density at radius 3 is 2.39 bits per heavy atom. The number of nitrogens with zero attached hydrogens (tertiary/aromatic N) is 1. The molecule has 0 amide bonds. The normalized spacial score (nSPS) is 28.4. The molecule has 0 aromatic heterocycles. The van der Waals surface area contributed by atoms with Crippen LogP contribution in [-0.2, 0) is 4.79 Å². The van der Waals surface area contributed by atoms with Crippen molar-refractivity contribution < 1.29 is 9.90 Å². The lowest BCUT2D eigenvalue weighted by Gasteiger charge is -2.48. The Labute approximate surface area is 112 Å². The highest BCUT2D eigenvalue weighted by Gasteiger charge is 2.42. The van der Waals surface area contributed by atoms with Gasteiger partial charge in [0.15, 0.2) is 0 Å². The van der Waals surface area contributed by atoms with Crippen LogP contribution in [0.25, 0.3) is 0 Å². The van der Waals surface area contributed by atoms with Crippen molar-refractivity contribution in [3.05, 3.63) is 0 Å². The predicted octanol–water partition coefficient (Wildman–Crippen LogP) is 3.39. The monoisotopic (exact) mass is 255 g/mol. The Morgan fingerprint density at radius 1 is 1.44 bits per heavy atom. The lowest BCUT2D eigenvalue weighted by atomic mass is 9.69. The van der Waals surface area contributed by atoms with E-state index >= 15 is 0 Å². The van der Waals surface area contributed by atoms with Crippen LogP contribution in [0.2, 0.25) is 0 Å². The van der Waals surface area contributed by atoms with Crippen LogP contribution in [0.4, 0.5) is 0 Å². The molecule has 0 bridgehead atoms. The lowest BCUT2D eigenvalue weighted by molar-refractivity contribution is -0.152. The van der Waals surface area contributed by atoms with E-state index in [2.05, 4.69) is 32.6 Å². The maximum Gasteiger partial charge on any atom is 0.323 e. The third-order valence-electron chi connectivity index (χ3n) is 4.63. The molecular weight excluding hydrogens is 226 g/mol. The van der Waals surface area contributed by atoms with Gasteiger partial charge in [0.05, 0.1) is 0 Å². The van der Waals surface area contributed by atoms with Crippen LogP contribution in [0.3, 0.4) is 0 Å². The predicted molar refractivity (Wildman–Crippen MR) is 74.7 cm³/mol. The first-order valence-corrected chi connectivity index (χ1v) is 7.12. The van der Waals surface area contributed by atoms with Crippen molar-refractivity contribution in [3.8, 4) is 0 Å². The van der Waals surface area contributed by atoms with Gasteiger partial charge in [-0.25, -0.2) is 0 Å². The van der Waals surface area contributed by atoms with Crippen molar-refractivity contribution in [2.45, 2.75) is 72.4 Å². The van der Waals surface area contributed by atoms with Gasteiger partial charge in [-0.2, -0.15) is 0 Å². The van der Waals surface area contributed by atoms with Crippen LogP contribution in [0.5, 0.6) is 0 Å². The first-order chi connectivity index (χ1) is 8.12. The van der Waals surface area contributed by atoms with Crippen LogP contribution in [-0.4, -0.2) is 34.1 Å². The summed E-state index contributed by atoms with van der Waals surface area (Å²) in [5, 5.41) is 9.42. The highest BCUT2D eigenvalue weighted by Crippen LogP contribution is 2.41. The smallest absolute Gasteiger partial charge is 0.323 e. The molecule has 0 heterocycles. The number of carbonyl (C=O) groups is 1. The number of rotatable bonds is 4. The van der Waals surface area contributed by atoms with Crippen molar-refractivity contribution >= 4 is 5.97 Å². The van der Waals surface area contributed by atoms with Gasteiger partial charge in [0.25, 0.3) is 0 Å². The van der Waals surface area contributed by atoms with E-state index in [-0.39, 0.29) is 0 Å². The minimum atomic E-state index is -0.769. The van der Waals surface area contributed by atoms with Crippen molar-refractivity contribution in [1.82, 2.24) is 4.90 Å². The Balaban J connectivity index is 2.88. The fourth-order valence-electron chi connectivity index (χ4n) is 3.56. The molecule has 1 aliphatic rings. The maximum absolute atomic E-state index is 11.5. The summed E-state index contributed by atoms with van der Waals surface area (Å²) in [5.74, 6) is -0.159. The van der Waals surface area contributed by atoms with Crippen molar-refractivity contribution in [2.24, 2.45) is 11.3 Å². The van der Waals surface area contributed by atoms with Crippen LogP contribution in [0.15, 0.2) is 0 Å². The Bertz CT molecular complexity index is 310. The zero-order valence-corrected chi connectivity index (χ0v) is 12.8.